The summed E-state index contributed by atoms with van der Waals surface area (Å²) in [4.78, 5) is 0. The van der Waals surface area contributed by atoms with Crippen LogP contribution >= 0.6 is 12.3 Å². The maximum absolute atomic E-state index is 12.0. The normalized spacial score (nSPS) is 9.31. The Morgan fingerprint density at radius 1 is 1.46 bits per heavy atom. The van der Waals surface area contributed by atoms with Crippen molar-refractivity contribution in [2.45, 2.75) is 0 Å². The highest BCUT2D eigenvalue weighted by molar-refractivity contribution is 7.95. The number of halogens is 1. The second kappa shape index (κ2) is 4.67. The molecule has 0 aliphatic heterocycles. The fourth-order valence-electron chi connectivity index (χ4n) is 1.04. The summed E-state index contributed by atoms with van der Waals surface area (Å²) in [6.45, 7) is 3.60. The van der Waals surface area contributed by atoms with Crippen LogP contribution < -0.4 is 4.72 Å². The lowest BCUT2D eigenvalue weighted by Crippen LogP contribution is -1.93. The van der Waals surface area contributed by atoms with Gasteiger partial charge in [-0.05, 0) is 5.56 Å². The SMILES string of the molecule is C=Cc1cccc(C=N)c1NSF. The molecular weight excluding hydrogens is 187 g/mol. The molecule has 2 nitrogen and oxygen atoms in total. The molecule has 1 aromatic rings. The predicted octanol–water partition coefficient (Wildman–Crippen LogP) is 3.27. The van der Waals surface area contributed by atoms with Crippen LogP contribution in [0, 0.1) is 5.41 Å². The van der Waals surface area contributed by atoms with Crippen molar-refractivity contribution in [2.75, 3.05) is 4.72 Å². The van der Waals surface area contributed by atoms with Gasteiger partial charge in [-0.25, -0.2) is 0 Å². The van der Waals surface area contributed by atoms with E-state index in [1.807, 2.05) is 0 Å². The molecule has 0 saturated carbocycles. The van der Waals surface area contributed by atoms with E-state index in [9.17, 15) is 3.89 Å². The number of rotatable bonds is 4. The van der Waals surface area contributed by atoms with Crippen LogP contribution in [0.1, 0.15) is 11.1 Å². The lowest BCUT2D eigenvalue weighted by Gasteiger charge is -2.07. The van der Waals surface area contributed by atoms with Gasteiger partial charge in [-0.15, -0.1) is 3.89 Å². The van der Waals surface area contributed by atoms with Crippen molar-refractivity contribution in [1.82, 2.24) is 0 Å². The van der Waals surface area contributed by atoms with Crippen molar-refractivity contribution in [1.29, 1.82) is 5.41 Å². The van der Waals surface area contributed by atoms with Crippen LogP contribution in [0.4, 0.5) is 9.57 Å². The Morgan fingerprint density at radius 2 is 2.15 bits per heavy atom. The molecule has 0 bridgehead atoms. The van der Waals surface area contributed by atoms with E-state index in [4.69, 9.17) is 5.41 Å². The first-order valence-corrected chi connectivity index (χ1v) is 4.34. The number of hydrogen-bond donors (Lipinski definition) is 2. The Hall–Kier alpha value is -1.29. The monoisotopic (exact) mass is 196 g/mol. The number of anilines is 1. The molecule has 0 aliphatic rings. The highest BCUT2D eigenvalue weighted by atomic mass is 32.2. The first-order chi connectivity index (χ1) is 6.33. The second-order valence-corrected chi connectivity index (χ2v) is 2.70. The summed E-state index contributed by atoms with van der Waals surface area (Å²) >= 11 is 0.0127. The minimum atomic E-state index is 0.0127. The Labute approximate surface area is 80.8 Å². The van der Waals surface area contributed by atoms with Crippen LogP contribution in [0.5, 0.6) is 0 Å². The molecule has 0 unspecified atom stereocenters. The number of benzene rings is 1. The first kappa shape index (κ1) is 9.80. The summed E-state index contributed by atoms with van der Waals surface area (Å²) in [6.07, 6.45) is 2.79. The predicted molar refractivity (Wildman–Crippen MR) is 56.7 cm³/mol. The fourth-order valence-corrected chi connectivity index (χ4v) is 1.35. The molecule has 13 heavy (non-hydrogen) atoms. The fraction of sp³-hybridized carbons (Fsp3) is 0. The minimum Gasteiger partial charge on any atom is -0.308 e. The molecule has 2 N–H and O–H groups in total. The van der Waals surface area contributed by atoms with Crippen LogP contribution in [-0.2, 0) is 0 Å². The summed E-state index contributed by atoms with van der Waals surface area (Å²) in [5, 5.41) is 7.10. The van der Waals surface area contributed by atoms with E-state index in [0.717, 1.165) is 5.56 Å². The zero-order valence-electron chi connectivity index (χ0n) is 6.88. The molecule has 0 saturated heterocycles. The Bertz CT molecular complexity index is 299. The molecule has 1 aromatic carbocycles. The molecular formula is C9H9FN2S. The van der Waals surface area contributed by atoms with Gasteiger partial charge >= 0.3 is 0 Å². The topological polar surface area (TPSA) is 35.9 Å². The Kier molecular flexibility index (Phi) is 3.52. The Balaban J connectivity index is 3.20. The van der Waals surface area contributed by atoms with Crippen molar-refractivity contribution >= 4 is 30.3 Å². The molecule has 0 aromatic heterocycles. The summed E-state index contributed by atoms with van der Waals surface area (Å²) in [5.74, 6) is 0. The van der Waals surface area contributed by atoms with E-state index in [0.29, 0.717) is 11.3 Å². The van der Waals surface area contributed by atoms with Gasteiger partial charge in [-0.2, -0.15) is 0 Å². The third-order valence-corrected chi connectivity index (χ3v) is 1.93. The van der Waals surface area contributed by atoms with Crippen molar-refractivity contribution in [2.24, 2.45) is 0 Å². The van der Waals surface area contributed by atoms with Crippen LogP contribution in [-0.4, -0.2) is 6.21 Å². The van der Waals surface area contributed by atoms with E-state index in [1.165, 1.54) is 6.21 Å². The number of para-hydroxylation sites is 1. The summed E-state index contributed by atoms with van der Waals surface area (Å²) in [6, 6.07) is 5.34. The molecule has 4 heteroatoms. The van der Waals surface area contributed by atoms with Crippen molar-refractivity contribution in [3.8, 4) is 0 Å². The average molecular weight is 196 g/mol. The molecule has 0 heterocycles. The van der Waals surface area contributed by atoms with E-state index >= 15 is 0 Å². The van der Waals surface area contributed by atoms with Crippen molar-refractivity contribution in [3.05, 3.63) is 35.9 Å². The summed E-state index contributed by atoms with van der Waals surface area (Å²) < 4.78 is 14.5. The third-order valence-electron chi connectivity index (χ3n) is 1.64. The Morgan fingerprint density at radius 3 is 2.69 bits per heavy atom. The van der Waals surface area contributed by atoms with Gasteiger partial charge in [-0.3, -0.25) is 0 Å². The number of hydrogen-bond acceptors (Lipinski definition) is 3. The van der Waals surface area contributed by atoms with Gasteiger partial charge in [0.25, 0.3) is 0 Å². The van der Waals surface area contributed by atoms with Crippen LogP contribution in [0.15, 0.2) is 24.8 Å². The van der Waals surface area contributed by atoms with Crippen molar-refractivity contribution in [3.63, 3.8) is 0 Å². The van der Waals surface area contributed by atoms with Gasteiger partial charge in [-0.1, -0.05) is 30.9 Å². The second-order valence-electron chi connectivity index (χ2n) is 2.34. The standard InChI is InChI=1S/C9H9FN2S/c1-2-7-4-3-5-8(6-11)9(7)12-13-10/h2-6,11-12H,1H2. The molecule has 0 atom stereocenters. The van der Waals surface area contributed by atoms with E-state index in [-0.39, 0.29) is 12.3 Å². The molecule has 0 aliphatic carbocycles. The summed E-state index contributed by atoms with van der Waals surface area (Å²) in [7, 11) is 0. The van der Waals surface area contributed by atoms with E-state index in [2.05, 4.69) is 11.3 Å². The van der Waals surface area contributed by atoms with E-state index in [1.54, 1.807) is 24.3 Å². The molecule has 68 valence electrons. The first-order valence-electron chi connectivity index (χ1n) is 3.63. The smallest absolute Gasteiger partial charge is 0.162 e. The van der Waals surface area contributed by atoms with Crippen LogP contribution in [0.2, 0.25) is 0 Å². The van der Waals surface area contributed by atoms with Gasteiger partial charge < -0.3 is 10.1 Å². The third kappa shape index (κ3) is 2.09. The lowest BCUT2D eigenvalue weighted by atomic mass is 10.1. The van der Waals surface area contributed by atoms with Crippen LogP contribution in [0.3, 0.4) is 0 Å². The molecule has 1 rings (SSSR count). The maximum Gasteiger partial charge on any atom is 0.162 e. The van der Waals surface area contributed by atoms with Gasteiger partial charge in [0.2, 0.25) is 0 Å². The van der Waals surface area contributed by atoms with E-state index < -0.39 is 0 Å². The zero-order valence-corrected chi connectivity index (χ0v) is 7.70. The minimum absolute atomic E-state index is 0.0127. The molecule has 0 fully saturated rings. The van der Waals surface area contributed by atoms with Gasteiger partial charge in [0.15, 0.2) is 12.3 Å². The molecule has 0 amide bonds. The van der Waals surface area contributed by atoms with Crippen LogP contribution in [0.25, 0.3) is 6.08 Å². The van der Waals surface area contributed by atoms with Gasteiger partial charge in [0.05, 0.1) is 5.69 Å². The lowest BCUT2D eigenvalue weighted by molar-refractivity contribution is 0.943. The quantitative estimate of drug-likeness (QED) is 0.572. The summed E-state index contributed by atoms with van der Waals surface area (Å²) in [5.41, 5.74) is 2.01. The highest BCUT2D eigenvalue weighted by Crippen LogP contribution is 2.23. The van der Waals surface area contributed by atoms with Crippen molar-refractivity contribution < 1.29 is 3.89 Å². The maximum atomic E-state index is 12.0. The number of nitrogens with one attached hydrogen (secondary N) is 2. The highest BCUT2D eigenvalue weighted by Gasteiger charge is 2.03. The molecule has 0 spiro atoms. The van der Waals surface area contributed by atoms with Gasteiger partial charge in [0, 0.05) is 11.8 Å². The zero-order chi connectivity index (χ0) is 9.68. The largest absolute Gasteiger partial charge is 0.308 e. The average Bonchev–Trinajstić information content (AvgIpc) is 2.18. The van der Waals surface area contributed by atoms with Gasteiger partial charge in [0.1, 0.15) is 0 Å². The molecule has 0 radical (unpaired) electrons.